The van der Waals surface area contributed by atoms with Gasteiger partial charge < -0.3 is 5.11 Å². The third-order valence-corrected chi connectivity index (χ3v) is 4.03. The van der Waals surface area contributed by atoms with Crippen molar-refractivity contribution in [1.29, 1.82) is 0 Å². The van der Waals surface area contributed by atoms with Crippen LogP contribution in [-0.4, -0.2) is 22.0 Å². The van der Waals surface area contributed by atoms with Crippen molar-refractivity contribution in [2.75, 3.05) is 5.32 Å². The second-order valence-electron chi connectivity index (χ2n) is 4.21. The summed E-state index contributed by atoms with van der Waals surface area (Å²) in [6, 6.07) is 5.01. The molecule has 0 atom stereocenters. The monoisotopic (exact) mass is 356 g/mol. The number of carbonyl (C=O) groups excluding carboxylic acids is 1. The highest BCUT2D eigenvalue weighted by molar-refractivity contribution is 7.14. The zero-order valence-electron chi connectivity index (χ0n) is 11.0. The highest BCUT2D eigenvalue weighted by Crippen LogP contribution is 2.23. The van der Waals surface area contributed by atoms with Gasteiger partial charge in [-0.3, -0.25) is 14.9 Å². The molecule has 2 N–H and O–H groups in total. The second kappa shape index (κ2) is 7.40. The van der Waals surface area contributed by atoms with Crippen molar-refractivity contribution in [1.82, 2.24) is 4.98 Å². The maximum atomic E-state index is 11.8. The molecule has 1 aromatic heterocycles. The minimum absolute atomic E-state index is 0.175. The molecule has 0 saturated carbocycles. The van der Waals surface area contributed by atoms with Crippen molar-refractivity contribution in [3.8, 4) is 0 Å². The first-order valence-electron chi connectivity index (χ1n) is 6.04. The van der Waals surface area contributed by atoms with Gasteiger partial charge in [0, 0.05) is 11.5 Å². The molecule has 22 heavy (non-hydrogen) atoms. The summed E-state index contributed by atoms with van der Waals surface area (Å²) in [6.07, 6.45) is 2.74. The van der Waals surface area contributed by atoms with Gasteiger partial charge >= 0.3 is 5.97 Å². The fourth-order valence-corrected chi connectivity index (χ4v) is 2.56. The number of carbonyl (C=O) groups is 2. The molecule has 0 fully saturated rings. The molecule has 0 bridgehead atoms. The highest BCUT2D eigenvalue weighted by atomic mass is 35.5. The smallest absolute Gasteiger partial charge is 0.309 e. The largest absolute Gasteiger partial charge is 0.481 e. The Kier molecular flexibility index (Phi) is 5.54. The van der Waals surface area contributed by atoms with Crippen LogP contribution in [0.25, 0.3) is 6.08 Å². The molecule has 0 spiro atoms. The number of amides is 1. The molecule has 2 aromatic rings. The molecule has 0 saturated heterocycles. The van der Waals surface area contributed by atoms with E-state index in [2.05, 4.69) is 10.3 Å². The SMILES string of the molecule is O=C(O)Cc1csc(NC(=O)/C=C/c2ccc(Cl)c(Cl)c2)n1. The van der Waals surface area contributed by atoms with Crippen LogP contribution in [0.4, 0.5) is 5.13 Å². The van der Waals surface area contributed by atoms with E-state index in [0.717, 1.165) is 5.56 Å². The summed E-state index contributed by atoms with van der Waals surface area (Å²) in [4.78, 5) is 26.3. The number of rotatable bonds is 5. The lowest BCUT2D eigenvalue weighted by Gasteiger charge is -1.98. The van der Waals surface area contributed by atoms with Gasteiger partial charge in [-0.25, -0.2) is 4.98 Å². The molecule has 1 amide bonds. The normalized spacial score (nSPS) is 10.8. The van der Waals surface area contributed by atoms with Crippen LogP contribution in [0.5, 0.6) is 0 Å². The number of anilines is 1. The summed E-state index contributed by atoms with van der Waals surface area (Å²) in [5, 5.41) is 14.0. The summed E-state index contributed by atoms with van der Waals surface area (Å²) in [5.74, 6) is -1.34. The molecule has 8 heteroatoms. The molecule has 0 radical (unpaired) electrons. The van der Waals surface area contributed by atoms with Gasteiger partial charge in [-0.15, -0.1) is 11.3 Å². The zero-order valence-corrected chi connectivity index (χ0v) is 13.4. The van der Waals surface area contributed by atoms with Gasteiger partial charge in [0.1, 0.15) is 0 Å². The number of carboxylic acids is 1. The number of hydrogen-bond acceptors (Lipinski definition) is 4. The Labute approximate surface area is 140 Å². The standard InChI is InChI=1S/C14H10Cl2N2O3S/c15-10-3-1-8(5-11(10)16)2-4-12(19)18-14-17-9(7-22-14)6-13(20)21/h1-5,7H,6H2,(H,20,21)(H,17,18,19)/b4-2+. The van der Waals surface area contributed by atoms with Crippen LogP contribution in [0, 0.1) is 0 Å². The molecule has 2 rings (SSSR count). The molecular formula is C14H10Cl2N2O3S. The number of aliphatic carboxylic acids is 1. The van der Waals surface area contributed by atoms with E-state index in [1.807, 2.05) is 0 Å². The Bertz CT molecular complexity index is 743. The van der Waals surface area contributed by atoms with Crippen molar-refractivity contribution in [3.05, 3.63) is 51.0 Å². The zero-order chi connectivity index (χ0) is 16.1. The Hall–Kier alpha value is -1.89. The number of hydrogen-bond donors (Lipinski definition) is 2. The van der Waals surface area contributed by atoms with Crippen molar-refractivity contribution < 1.29 is 14.7 Å². The molecule has 114 valence electrons. The fraction of sp³-hybridized carbons (Fsp3) is 0.0714. The van der Waals surface area contributed by atoms with Gasteiger partial charge in [0.25, 0.3) is 0 Å². The first kappa shape index (κ1) is 16.5. The molecule has 0 unspecified atom stereocenters. The Morgan fingerprint density at radius 1 is 1.32 bits per heavy atom. The lowest BCUT2D eigenvalue weighted by atomic mass is 10.2. The average molecular weight is 357 g/mol. The molecule has 1 heterocycles. The van der Waals surface area contributed by atoms with Crippen LogP contribution in [0.15, 0.2) is 29.7 Å². The number of benzene rings is 1. The molecule has 1 aromatic carbocycles. The maximum Gasteiger partial charge on any atom is 0.309 e. The first-order chi connectivity index (χ1) is 10.4. The number of nitrogens with one attached hydrogen (secondary N) is 1. The molecule has 5 nitrogen and oxygen atoms in total. The number of halogens is 2. The summed E-state index contributed by atoms with van der Waals surface area (Å²) in [7, 11) is 0. The van der Waals surface area contributed by atoms with Gasteiger partial charge in [-0.1, -0.05) is 29.3 Å². The van der Waals surface area contributed by atoms with Gasteiger partial charge in [0.05, 0.1) is 22.2 Å². The lowest BCUT2D eigenvalue weighted by molar-refractivity contribution is -0.136. The van der Waals surface area contributed by atoms with Crippen LogP contribution in [0.3, 0.4) is 0 Å². The van der Waals surface area contributed by atoms with E-state index in [9.17, 15) is 9.59 Å². The molecule has 0 aliphatic heterocycles. The summed E-state index contributed by atoms with van der Waals surface area (Å²) < 4.78 is 0. The van der Waals surface area contributed by atoms with E-state index < -0.39 is 5.97 Å². The molecule has 0 aliphatic carbocycles. The van der Waals surface area contributed by atoms with Gasteiger partial charge in [0.2, 0.25) is 5.91 Å². The number of aromatic nitrogens is 1. The Morgan fingerprint density at radius 2 is 2.09 bits per heavy atom. The molecular weight excluding hydrogens is 347 g/mol. The van der Waals surface area contributed by atoms with Crippen molar-refractivity contribution in [3.63, 3.8) is 0 Å². The number of nitrogens with zero attached hydrogens (tertiary/aromatic N) is 1. The average Bonchev–Trinajstić information content (AvgIpc) is 2.86. The predicted octanol–water partition coefficient (Wildman–Crippen LogP) is 3.73. The lowest BCUT2D eigenvalue weighted by Crippen LogP contribution is -2.08. The summed E-state index contributed by atoms with van der Waals surface area (Å²) in [5.41, 5.74) is 1.14. The quantitative estimate of drug-likeness (QED) is 0.800. The fourth-order valence-electron chi connectivity index (χ4n) is 1.54. The predicted molar refractivity (Wildman–Crippen MR) is 87.6 cm³/mol. The van der Waals surface area contributed by atoms with Gasteiger partial charge in [-0.2, -0.15) is 0 Å². The van der Waals surface area contributed by atoms with Crippen LogP contribution >= 0.6 is 34.5 Å². The van der Waals surface area contributed by atoms with Crippen LogP contribution in [0.2, 0.25) is 10.0 Å². The van der Waals surface area contributed by atoms with Crippen molar-refractivity contribution >= 4 is 57.6 Å². The van der Waals surface area contributed by atoms with Gasteiger partial charge in [-0.05, 0) is 23.8 Å². The minimum Gasteiger partial charge on any atom is -0.481 e. The maximum absolute atomic E-state index is 11.8. The van der Waals surface area contributed by atoms with Crippen LogP contribution in [-0.2, 0) is 16.0 Å². The van der Waals surface area contributed by atoms with Gasteiger partial charge in [0.15, 0.2) is 5.13 Å². The van der Waals surface area contributed by atoms with Crippen molar-refractivity contribution in [2.45, 2.75) is 6.42 Å². The topological polar surface area (TPSA) is 79.3 Å². The van der Waals surface area contributed by atoms with E-state index in [-0.39, 0.29) is 12.3 Å². The van der Waals surface area contributed by atoms with Crippen LogP contribution < -0.4 is 5.32 Å². The van der Waals surface area contributed by atoms with E-state index >= 15 is 0 Å². The Morgan fingerprint density at radius 3 is 2.77 bits per heavy atom. The first-order valence-corrected chi connectivity index (χ1v) is 7.68. The highest BCUT2D eigenvalue weighted by Gasteiger charge is 2.07. The van der Waals surface area contributed by atoms with E-state index in [4.69, 9.17) is 28.3 Å². The minimum atomic E-state index is -0.970. The number of thiazole rings is 1. The second-order valence-corrected chi connectivity index (χ2v) is 5.88. The van der Waals surface area contributed by atoms with E-state index in [1.165, 1.54) is 17.4 Å². The Balaban J connectivity index is 1.97. The summed E-state index contributed by atoms with van der Waals surface area (Å²) >= 11 is 12.9. The van der Waals surface area contributed by atoms with E-state index in [1.54, 1.807) is 29.7 Å². The van der Waals surface area contributed by atoms with Crippen molar-refractivity contribution in [2.24, 2.45) is 0 Å². The van der Waals surface area contributed by atoms with E-state index in [0.29, 0.717) is 20.9 Å². The summed E-state index contributed by atoms with van der Waals surface area (Å²) in [6.45, 7) is 0. The third kappa shape index (κ3) is 4.84. The third-order valence-electron chi connectivity index (χ3n) is 2.49. The number of carboxylic acid groups (broad SMARTS) is 1. The van der Waals surface area contributed by atoms with Crippen LogP contribution in [0.1, 0.15) is 11.3 Å². The molecule has 0 aliphatic rings.